The van der Waals surface area contributed by atoms with Crippen LogP contribution in [0.5, 0.6) is 0 Å². The first-order valence-electron chi connectivity index (χ1n) is 12.2. The van der Waals surface area contributed by atoms with Gasteiger partial charge in [-0.15, -0.1) is 0 Å². The summed E-state index contributed by atoms with van der Waals surface area (Å²) in [6.07, 6.45) is 7.97. The van der Waals surface area contributed by atoms with E-state index in [1.54, 1.807) is 18.7 Å². The van der Waals surface area contributed by atoms with E-state index in [0.717, 1.165) is 28.6 Å². The molecule has 0 aliphatic rings. The summed E-state index contributed by atoms with van der Waals surface area (Å²) in [5.41, 5.74) is 11.2. The number of ether oxygens (including phenoxy) is 1. The van der Waals surface area contributed by atoms with Gasteiger partial charge in [-0.3, -0.25) is 4.98 Å². The molecule has 0 radical (unpaired) electrons. The summed E-state index contributed by atoms with van der Waals surface area (Å²) in [4.78, 5) is 34.0. The Labute approximate surface area is 213 Å². The number of unbranched alkanes of at least 4 members (excludes halogenated alkanes) is 1. The molecule has 4 aromatic heterocycles. The van der Waals surface area contributed by atoms with Gasteiger partial charge in [0.15, 0.2) is 17.3 Å². The van der Waals surface area contributed by atoms with Crippen LogP contribution in [0.1, 0.15) is 38.3 Å². The minimum atomic E-state index is -0.437. The highest BCUT2D eigenvalue weighted by Gasteiger charge is 2.13. The maximum atomic E-state index is 12.2. The number of anilines is 1. The maximum Gasteiger partial charge on any atom is 0.407 e. The van der Waals surface area contributed by atoms with E-state index in [0.29, 0.717) is 55.0 Å². The van der Waals surface area contributed by atoms with E-state index < -0.39 is 6.09 Å². The Hall–Kier alpha value is -4.54. The second kappa shape index (κ2) is 10.6. The van der Waals surface area contributed by atoms with E-state index in [1.807, 2.05) is 35.2 Å². The smallest absolute Gasteiger partial charge is 0.407 e. The summed E-state index contributed by atoms with van der Waals surface area (Å²) in [7, 11) is 0. The van der Waals surface area contributed by atoms with E-state index in [4.69, 9.17) is 10.5 Å². The largest absolute Gasteiger partial charge is 0.450 e. The Balaban J connectivity index is 1.10. The quantitative estimate of drug-likeness (QED) is 0.289. The van der Waals surface area contributed by atoms with E-state index in [-0.39, 0.29) is 0 Å². The minimum absolute atomic E-state index is 0.312. The molecule has 0 saturated carbocycles. The average Bonchev–Trinajstić information content (AvgIpc) is 3.52. The number of nitrogens with zero attached hydrogens (tertiary/aromatic N) is 7. The molecule has 5 aromatic rings. The summed E-state index contributed by atoms with van der Waals surface area (Å²) in [6.45, 7) is 5.60. The number of carbonyl (C=O) groups is 1. The number of aromatic nitrogens is 7. The van der Waals surface area contributed by atoms with Crippen molar-refractivity contribution < 1.29 is 9.53 Å². The highest BCUT2D eigenvalue weighted by Crippen LogP contribution is 2.22. The van der Waals surface area contributed by atoms with Crippen LogP contribution in [0.25, 0.3) is 33.6 Å². The minimum Gasteiger partial charge on any atom is -0.450 e. The molecular weight excluding hydrogens is 470 g/mol. The van der Waals surface area contributed by atoms with Gasteiger partial charge in [-0.25, -0.2) is 24.7 Å². The lowest BCUT2D eigenvalue weighted by molar-refractivity contribution is 0.143. The monoisotopic (exact) mass is 499 g/mol. The van der Waals surface area contributed by atoms with Gasteiger partial charge in [0.05, 0.1) is 30.3 Å². The van der Waals surface area contributed by atoms with Crippen LogP contribution < -0.4 is 11.1 Å². The fourth-order valence-corrected chi connectivity index (χ4v) is 4.13. The zero-order valence-electron chi connectivity index (χ0n) is 20.8. The normalized spacial score (nSPS) is 11.4. The first-order chi connectivity index (χ1) is 18.0. The van der Waals surface area contributed by atoms with Crippen molar-refractivity contribution in [1.29, 1.82) is 0 Å². The third-order valence-electron chi connectivity index (χ3n) is 6.09. The molecule has 37 heavy (non-hydrogen) atoms. The van der Waals surface area contributed by atoms with Crippen molar-refractivity contribution in [3.05, 3.63) is 60.9 Å². The number of imidazole rings is 2. The number of nitrogens with one attached hydrogen (secondary N) is 1. The number of nitrogens with two attached hydrogens (primary N) is 1. The summed E-state index contributed by atoms with van der Waals surface area (Å²) in [6, 6.07) is 9.97. The molecule has 0 bridgehead atoms. The average molecular weight is 500 g/mol. The van der Waals surface area contributed by atoms with Gasteiger partial charge in [-0.2, -0.15) is 0 Å². The molecular formula is C26H29N9O2. The van der Waals surface area contributed by atoms with Gasteiger partial charge in [0.25, 0.3) is 0 Å². The molecule has 0 atom stereocenters. The van der Waals surface area contributed by atoms with E-state index in [9.17, 15) is 4.79 Å². The SMILES string of the molecule is CC(C)n1cnc2ccc(CNC(=O)OCCCCn3cnc4c(N)nc(-c5ccncc5)nc43)cc21. The molecule has 0 aliphatic heterocycles. The van der Waals surface area contributed by atoms with Gasteiger partial charge >= 0.3 is 6.09 Å². The van der Waals surface area contributed by atoms with Crippen LogP contribution in [0.2, 0.25) is 0 Å². The van der Waals surface area contributed by atoms with Crippen molar-refractivity contribution in [1.82, 2.24) is 39.4 Å². The number of hydrogen-bond donors (Lipinski definition) is 2. The van der Waals surface area contributed by atoms with Crippen molar-refractivity contribution in [3.8, 4) is 11.4 Å². The van der Waals surface area contributed by atoms with Gasteiger partial charge in [0, 0.05) is 37.1 Å². The van der Waals surface area contributed by atoms with E-state index >= 15 is 0 Å². The van der Waals surface area contributed by atoms with Crippen LogP contribution in [0.15, 0.2) is 55.4 Å². The third kappa shape index (κ3) is 5.35. The zero-order chi connectivity index (χ0) is 25.8. The van der Waals surface area contributed by atoms with Crippen molar-refractivity contribution in [2.75, 3.05) is 12.3 Å². The number of carbonyl (C=O) groups excluding carboxylic acids is 1. The Bertz CT molecular complexity index is 1530. The van der Waals surface area contributed by atoms with Gasteiger partial charge in [-0.05, 0) is 56.5 Å². The van der Waals surface area contributed by atoms with Crippen molar-refractivity contribution in [2.45, 2.75) is 45.8 Å². The predicted molar refractivity (Wildman–Crippen MR) is 141 cm³/mol. The summed E-state index contributed by atoms with van der Waals surface area (Å²) in [5.74, 6) is 0.866. The molecule has 0 unspecified atom stereocenters. The van der Waals surface area contributed by atoms with E-state index in [2.05, 4.69) is 54.7 Å². The molecule has 5 rings (SSSR count). The van der Waals surface area contributed by atoms with Gasteiger partial charge in [0.1, 0.15) is 5.52 Å². The molecule has 11 nitrogen and oxygen atoms in total. The first-order valence-corrected chi connectivity index (χ1v) is 12.2. The number of alkyl carbamates (subject to hydrolysis) is 1. The van der Waals surface area contributed by atoms with Crippen LogP contribution in [0.4, 0.5) is 10.6 Å². The standard InChI is InChI=1S/C26H29N9O2/c1-17(2)35-16-30-20-6-5-18(13-21(20)35)14-29-26(36)37-12-4-3-11-34-15-31-22-23(27)32-24(33-25(22)34)19-7-9-28-10-8-19/h5-10,13,15-17H,3-4,11-12,14H2,1-2H3,(H,29,36)(H2,27,32,33). The Morgan fingerprint density at radius 3 is 2.73 bits per heavy atom. The van der Waals surface area contributed by atoms with E-state index in [1.165, 1.54) is 0 Å². The number of rotatable bonds is 9. The van der Waals surface area contributed by atoms with Gasteiger partial charge in [0.2, 0.25) is 0 Å². The maximum absolute atomic E-state index is 12.2. The lowest BCUT2D eigenvalue weighted by Gasteiger charge is -2.10. The van der Waals surface area contributed by atoms with Crippen LogP contribution >= 0.6 is 0 Å². The molecule has 0 saturated heterocycles. The second-order valence-electron chi connectivity index (χ2n) is 9.04. The van der Waals surface area contributed by atoms with Crippen molar-refractivity contribution in [3.63, 3.8) is 0 Å². The zero-order valence-corrected chi connectivity index (χ0v) is 20.8. The van der Waals surface area contributed by atoms with Crippen LogP contribution in [0.3, 0.4) is 0 Å². The number of fused-ring (bicyclic) bond motifs is 2. The number of benzene rings is 1. The number of hydrogen-bond acceptors (Lipinski definition) is 8. The topological polar surface area (TPSA) is 139 Å². The Morgan fingerprint density at radius 2 is 1.92 bits per heavy atom. The summed E-state index contributed by atoms with van der Waals surface area (Å²) >= 11 is 0. The summed E-state index contributed by atoms with van der Waals surface area (Å²) < 4.78 is 9.41. The molecule has 1 aromatic carbocycles. The molecule has 4 heterocycles. The molecule has 1 amide bonds. The lowest BCUT2D eigenvalue weighted by atomic mass is 10.2. The highest BCUT2D eigenvalue weighted by atomic mass is 16.5. The number of amides is 1. The van der Waals surface area contributed by atoms with Crippen LogP contribution in [-0.4, -0.2) is 46.8 Å². The molecule has 11 heteroatoms. The first kappa shape index (κ1) is 24.2. The molecule has 0 fully saturated rings. The molecule has 0 aliphatic carbocycles. The summed E-state index contributed by atoms with van der Waals surface area (Å²) in [5, 5.41) is 2.82. The molecule has 3 N–H and O–H groups in total. The van der Waals surface area contributed by atoms with Gasteiger partial charge < -0.3 is 24.9 Å². The van der Waals surface area contributed by atoms with Crippen molar-refractivity contribution >= 4 is 34.1 Å². The predicted octanol–water partition coefficient (Wildman–Crippen LogP) is 4.11. The van der Waals surface area contributed by atoms with Crippen molar-refractivity contribution in [2.24, 2.45) is 0 Å². The lowest BCUT2D eigenvalue weighted by Crippen LogP contribution is -2.24. The highest BCUT2D eigenvalue weighted by molar-refractivity contribution is 5.83. The third-order valence-corrected chi connectivity index (χ3v) is 6.09. The van der Waals surface area contributed by atoms with Crippen LogP contribution in [-0.2, 0) is 17.8 Å². The van der Waals surface area contributed by atoms with Gasteiger partial charge in [-0.1, -0.05) is 6.07 Å². The fraction of sp³-hybridized carbons (Fsp3) is 0.308. The fourth-order valence-electron chi connectivity index (χ4n) is 4.13. The van der Waals surface area contributed by atoms with Crippen LogP contribution in [0, 0.1) is 0 Å². The molecule has 190 valence electrons. The Kier molecular flexibility index (Phi) is 6.93. The Morgan fingerprint density at radius 1 is 1.08 bits per heavy atom. The molecule has 0 spiro atoms. The number of nitrogen functional groups attached to an aromatic ring is 1. The second-order valence-corrected chi connectivity index (χ2v) is 9.04. The number of aryl methyl sites for hydroxylation is 1. The number of pyridine rings is 1.